The van der Waals surface area contributed by atoms with Crippen LogP contribution >= 0.6 is 15.9 Å². The smallest absolute Gasteiger partial charge is 0.0594 e. The third-order valence-corrected chi connectivity index (χ3v) is 4.87. The van der Waals surface area contributed by atoms with E-state index < -0.39 is 0 Å². The topological polar surface area (TPSA) is 24.5 Å². The van der Waals surface area contributed by atoms with Crippen LogP contribution < -0.4 is 5.32 Å². The maximum absolute atomic E-state index is 5.43. The lowest BCUT2D eigenvalue weighted by Crippen LogP contribution is -2.54. The first-order valence-electron chi connectivity index (χ1n) is 7.27. The van der Waals surface area contributed by atoms with Gasteiger partial charge in [-0.05, 0) is 38.0 Å². The number of aryl methyl sites for hydroxylation is 1. The summed E-state index contributed by atoms with van der Waals surface area (Å²) in [4.78, 5) is 2.51. The highest BCUT2D eigenvalue weighted by Crippen LogP contribution is 2.18. The van der Waals surface area contributed by atoms with E-state index >= 15 is 0 Å². The van der Waals surface area contributed by atoms with E-state index in [1.54, 1.807) is 0 Å². The van der Waals surface area contributed by atoms with Crippen LogP contribution in [0.4, 0.5) is 0 Å². The van der Waals surface area contributed by atoms with Crippen LogP contribution in [0.15, 0.2) is 22.7 Å². The van der Waals surface area contributed by atoms with E-state index in [9.17, 15) is 0 Å². The molecule has 1 aromatic carbocycles. The van der Waals surface area contributed by atoms with Gasteiger partial charge in [0.05, 0.1) is 13.2 Å². The molecule has 0 bridgehead atoms. The van der Waals surface area contributed by atoms with E-state index in [-0.39, 0.29) is 5.54 Å². The van der Waals surface area contributed by atoms with Crippen molar-refractivity contribution in [2.45, 2.75) is 32.9 Å². The first kappa shape index (κ1) is 16.0. The Morgan fingerprint density at radius 3 is 2.65 bits per heavy atom. The molecule has 0 saturated carbocycles. The van der Waals surface area contributed by atoms with E-state index in [1.807, 2.05) is 0 Å². The molecule has 1 N–H and O–H groups in total. The van der Waals surface area contributed by atoms with Gasteiger partial charge in [0.2, 0.25) is 0 Å². The van der Waals surface area contributed by atoms with Gasteiger partial charge in [0.25, 0.3) is 0 Å². The second-order valence-electron chi connectivity index (χ2n) is 6.10. The molecule has 20 heavy (non-hydrogen) atoms. The van der Waals surface area contributed by atoms with Crippen LogP contribution in [0, 0.1) is 6.92 Å². The van der Waals surface area contributed by atoms with Crippen molar-refractivity contribution in [2.24, 2.45) is 0 Å². The summed E-state index contributed by atoms with van der Waals surface area (Å²) in [5.41, 5.74) is 2.80. The fourth-order valence-corrected chi connectivity index (χ4v) is 2.86. The Kier molecular flexibility index (Phi) is 5.61. The Hall–Kier alpha value is -0.420. The van der Waals surface area contributed by atoms with Gasteiger partial charge in [0.1, 0.15) is 0 Å². The van der Waals surface area contributed by atoms with Gasteiger partial charge < -0.3 is 10.1 Å². The molecule has 1 aliphatic rings. The summed E-state index contributed by atoms with van der Waals surface area (Å²) >= 11 is 3.54. The van der Waals surface area contributed by atoms with Crippen molar-refractivity contribution in [3.05, 3.63) is 33.8 Å². The number of nitrogens with one attached hydrogen (secondary N) is 1. The monoisotopic (exact) mass is 340 g/mol. The Morgan fingerprint density at radius 1 is 1.30 bits per heavy atom. The molecule has 0 aliphatic carbocycles. The van der Waals surface area contributed by atoms with Gasteiger partial charge in [-0.2, -0.15) is 0 Å². The zero-order chi connectivity index (χ0) is 14.6. The molecule has 2 rings (SSSR count). The van der Waals surface area contributed by atoms with Gasteiger partial charge in [-0.1, -0.05) is 28.1 Å². The third-order valence-electron chi connectivity index (χ3n) is 3.98. The van der Waals surface area contributed by atoms with Crippen LogP contribution in [0.3, 0.4) is 0 Å². The van der Waals surface area contributed by atoms with Crippen LogP contribution in [-0.2, 0) is 11.3 Å². The number of halogens is 1. The molecular formula is C16H25BrN2O. The number of morpholine rings is 1. The maximum atomic E-state index is 5.43. The first-order chi connectivity index (χ1) is 9.49. The molecule has 1 saturated heterocycles. The van der Waals surface area contributed by atoms with Gasteiger partial charge in [0, 0.05) is 36.2 Å². The largest absolute Gasteiger partial charge is 0.379 e. The molecule has 0 unspecified atom stereocenters. The van der Waals surface area contributed by atoms with Crippen molar-refractivity contribution >= 4 is 15.9 Å². The second kappa shape index (κ2) is 7.03. The SMILES string of the molecule is Cc1cc(CNCC(C)(C)N2CCOCC2)ccc1Br. The van der Waals surface area contributed by atoms with Crippen molar-refractivity contribution in [1.82, 2.24) is 10.2 Å². The summed E-state index contributed by atoms with van der Waals surface area (Å²) in [7, 11) is 0. The zero-order valence-corrected chi connectivity index (χ0v) is 14.3. The van der Waals surface area contributed by atoms with Gasteiger partial charge in [-0.25, -0.2) is 0 Å². The molecular weight excluding hydrogens is 316 g/mol. The molecule has 3 nitrogen and oxygen atoms in total. The predicted molar refractivity (Wildman–Crippen MR) is 87.1 cm³/mol. The lowest BCUT2D eigenvalue weighted by Gasteiger charge is -2.41. The number of nitrogens with zero attached hydrogens (tertiary/aromatic N) is 1. The minimum Gasteiger partial charge on any atom is -0.379 e. The maximum Gasteiger partial charge on any atom is 0.0594 e. The molecule has 0 radical (unpaired) electrons. The Labute approximate surface area is 130 Å². The Morgan fingerprint density at radius 2 is 2.00 bits per heavy atom. The summed E-state index contributed by atoms with van der Waals surface area (Å²) in [6.07, 6.45) is 0. The van der Waals surface area contributed by atoms with Crippen LogP contribution in [0.1, 0.15) is 25.0 Å². The predicted octanol–water partition coefficient (Wildman–Crippen LogP) is 2.96. The molecule has 1 fully saturated rings. The van der Waals surface area contributed by atoms with Gasteiger partial charge in [0.15, 0.2) is 0 Å². The first-order valence-corrected chi connectivity index (χ1v) is 8.07. The summed E-state index contributed by atoms with van der Waals surface area (Å²) in [5.74, 6) is 0. The van der Waals surface area contributed by atoms with Crippen LogP contribution in [0.5, 0.6) is 0 Å². The minimum absolute atomic E-state index is 0.175. The van der Waals surface area contributed by atoms with Crippen LogP contribution in [0.25, 0.3) is 0 Å². The van der Waals surface area contributed by atoms with Crippen molar-refractivity contribution < 1.29 is 4.74 Å². The van der Waals surface area contributed by atoms with E-state index in [4.69, 9.17) is 4.74 Å². The van der Waals surface area contributed by atoms with Crippen LogP contribution in [0.2, 0.25) is 0 Å². The molecule has 4 heteroatoms. The summed E-state index contributed by atoms with van der Waals surface area (Å²) in [6.45, 7) is 12.4. The molecule has 0 atom stereocenters. The summed E-state index contributed by atoms with van der Waals surface area (Å²) in [6, 6.07) is 6.53. The van der Waals surface area contributed by atoms with Crippen molar-refractivity contribution in [2.75, 3.05) is 32.8 Å². The van der Waals surface area contributed by atoms with Crippen LogP contribution in [-0.4, -0.2) is 43.3 Å². The molecule has 1 aliphatic heterocycles. The molecule has 1 aromatic rings. The van der Waals surface area contributed by atoms with Crippen molar-refractivity contribution in [3.63, 3.8) is 0 Å². The lowest BCUT2D eigenvalue weighted by molar-refractivity contribution is -0.00966. The summed E-state index contributed by atoms with van der Waals surface area (Å²) < 4.78 is 6.60. The van der Waals surface area contributed by atoms with E-state index in [1.165, 1.54) is 15.6 Å². The minimum atomic E-state index is 0.175. The molecule has 0 amide bonds. The quantitative estimate of drug-likeness (QED) is 0.891. The van der Waals surface area contributed by atoms with Gasteiger partial charge in [-0.15, -0.1) is 0 Å². The molecule has 1 heterocycles. The van der Waals surface area contributed by atoms with E-state index in [0.29, 0.717) is 0 Å². The van der Waals surface area contributed by atoms with E-state index in [2.05, 4.69) is 65.1 Å². The Balaban J connectivity index is 1.83. The van der Waals surface area contributed by atoms with Crippen molar-refractivity contribution in [3.8, 4) is 0 Å². The number of hydrogen-bond donors (Lipinski definition) is 1. The average Bonchev–Trinajstić information content (AvgIpc) is 2.44. The molecule has 112 valence electrons. The number of rotatable bonds is 5. The number of ether oxygens (including phenoxy) is 1. The standard InChI is InChI=1S/C16H25BrN2O/c1-13-10-14(4-5-15(13)17)11-18-12-16(2,3)19-6-8-20-9-7-19/h4-5,10,18H,6-9,11-12H2,1-3H3. The molecule has 0 aromatic heterocycles. The number of benzene rings is 1. The lowest BCUT2D eigenvalue weighted by atomic mass is 10.0. The van der Waals surface area contributed by atoms with Gasteiger partial charge in [-0.3, -0.25) is 4.90 Å². The highest BCUT2D eigenvalue weighted by Gasteiger charge is 2.27. The zero-order valence-electron chi connectivity index (χ0n) is 12.7. The highest BCUT2D eigenvalue weighted by atomic mass is 79.9. The van der Waals surface area contributed by atoms with Crippen molar-refractivity contribution in [1.29, 1.82) is 0 Å². The normalized spacial score (nSPS) is 17.4. The Bertz CT molecular complexity index is 442. The fraction of sp³-hybridized carbons (Fsp3) is 0.625. The summed E-state index contributed by atoms with van der Waals surface area (Å²) in [5, 5.41) is 3.59. The van der Waals surface area contributed by atoms with Gasteiger partial charge >= 0.3 is 0 Å². The molecule has 0 spiro atoms. The van der Waals surface area contributed by atoms with E-state index in [0.717, 1.165) is 39.4 Å². The highest BCUT2D eigenvalue weighted by molar-refractivity contribution is 9.10. The second-order valence-corrected chi connectivity index (χ2v) is 6.95. The fourth-order valence-electron chi connectivity index (χ4n) is 2.61. The third kappa shape index (κ3) is 4.29. The average molecular weight is 341 g/mol. The number of hydrogen-bond acceptors (Lipinski definition) is 3.